The lowest BCUT2D eigenvalue weighted by Crippen LogP contribution is -2.32. The normalized spacial score (nSPS) is 22.6. The number of carbonyl (C=O) groups is 1. The Hall–Kier alpha value is -1.29. The molecular formula is C16H26N2O2. The number of carbonyl (C=O) groups excluding carboxylic acids is 1. The molecule has 1 amide bonds. The van der Waals surface area contributed by atoms with Crippen molar-refractivity contribution in [2.75, 3.05) is 7.05 Å². The minimum Gasteiger partial charge on any atom is -0.464 e. The lowest BCUT2D eigenvalue weighted by atomic mass is 10.1. The van der Waals surface area contributed by atoms with Crippen molar-refractivity contribution < 1.29 is 9.21 Å². The van der Waals surface area contributed by atoms with E-state index in [1.54, 1.807) is 4.90 Å². The molecule has 1 fully saturated rings. The SMILES string of the molecule is CCCC(N)CC(=O)N(C)Cc1ccc(C2CC2C)o1. The van der Waals surface area contributed by atoms with Gasteiger partial charge in [0.25, 0.3) is 0 Å². The maximum atomic E-state index is 12.0. The summed E-state index contributed by atoms with van der Waals surface area (Å²) in [5, 5.41) is 0. The highest BCUT2D eigenvalue weighted by atomic mass is 16.3. The number of nitrogens with two attached hydrogens (primary N) is 1. The largest absolute Gasteiger partial charge is 0.464 e. The van der Waals surface area contributed by atoms with E-state index in [0.717, 1.165) is 30.3 Å². The van der Waals surface area contributed by atoms with E-state index in [1.807, 2.05) is 19.2 Å². The van der Waals surface area contributed by atoms with E-state index in [9.17, 15) is 4.79 Å². The summed E-state index contributed by atoms with van der Waals surface area (Å²) >= 11 is 0. The Labute approximate surface area is 121 Å². The van der Waals surface area contributed by atoms with E-state index in [0.29, 0.717) is 18.9 Å². The van der Waals surface area contributed by atoms with Crippen LogP contribution in [0.25, 0.3) is 0 Å². The van der Waals surface area contributed by atoms with Crippen LogP contribution in [0.5, 0.6) is 0 Å². The van der Waals surface area contributed by atoms with Crippen LogP contribution in [0.3, 0.4) is 0 Å². The quantitative estimate of drug-likeness (QED) is 0.834. The fourth-order valence-electron chi connectivity index (χ4n) is 2.57. The van der Waals surface area contributed by atoms with E-state index in [-0.39, 0.29) is 11.9 Å². The molecule has 4 nitrogen and oxygen atoms in total. The van der Waals surface area contributed by atoms with Crippen molar-refractivity contribution in [2.45, 2.75) is 58.0 Å². The molecule has 3 unspecified atom stereocenters. The van der Waals surface area contributed by atoms with Crippen LogP contribution in [-0.4, -0.2) is 23.9 Å². The van der Waals surface area contributed by atoms with E-state index in [1.165, 1.54) is 6.42 Å². The maximum absolute atomic E-state index is 12.0. The van der Waals surface area contributed by atoms with Crippen LogP contribution in [0.2, 0.25) is 0 Å². The van der Waals surface area contributed by atoms with Crippen molar-refractivity contribution in [3.63, 3.8) is 0 Å². The van der Waals surface area contributed by atoms with Crippen LogP contribution in [0.1, 0.15) is 57.0 Å². The molecule has 4 heteroatoms. The molecule has 0 aliphatic heterocycles. The van der Waals surface area contributed by atoms with Crippen LogP contribution in [0.4, 0.5) is 0 Å². The summed E-state index contributed by atoms with van der Waals surface area (Å²) in [4.78, 5) is 13.7. The Morgan fingerprint density at radius 3 is 2.85 bits per heavy atom. The number of rotatable bonds is 7. The third-order valence-electron chi connectivity index (χ3n) is 4.07. The summed E-state index contributed by atoms with van der Waals surface area (Å²) in [7, 11) is 1.81. The first-order valence-corrected chi connectivity index (χ1v) is 7.59. The smallest absolute Gasteiger partial charge is 0.224 e. The first-order chi connectivity index (χ1) is 9.51. The zero-order valence-electron chi connectivity index (χ0n) is 12.8. The number of furan rings is 1. The first-order valence-electron chi connectivity index (χ1n) is 7.59. The number of hydrogen-bond acceptors (Lipinski definition) is 3. The number of amides is 1. The molecule has 3 atom stereocenters. The van der Waals surface area contributed by atoms with Gasteiger partial charge in [-0.25, -0.2) is 0 Å². The Balaban J connectivity index is 1.82. The molecule has 20 heavy (non-hydrogen) atoms. The monoisotopic (exact) mass is 278 g/mol. The minimum atomic E-state index is -0.0329. The van der Waals surface area contributed by atoms with Gasteiger partial charge in [0.2, 0.25) is 5.91 Å². The molecule has 1 saturated carbocycles. The maximum Gasteiger partial charge on any atom is 0.224 e. The van der Waals surface area contributed by atoms with Gasteiger partial charge >= 0.3 is 0 Å². The predicted molar refractivity (Wildman–Crippen MR) is 79.2 cm³/mol. The molecule has 0 radical (unpaired) electrons. The highest BCUT2D eigenvalue weighted by Crippen LogP contribution is 2.47. The highest BCUT2D eigenvalue weighted by Gasteiger charge is 2.36. The topological polar surface area (TPSA) is 59.5 Å². The molecule has 0 spiro atoms. The molecule has 1 aromatic rings. The molecule has 1 heterocycles. The van der Waals surface area contributed by atoms with Crippen molar-refractivity contribution in [1.82, 2.24) is 4.90 Å². The van der Waals surface area contributed by atoms with Crippen LogP contribution in [0, 0.1) is 5.92 Å². The molecule has 1 aliphatic rings. The molecule has 2 rings (SSSR count). The second kappa shape index (κ2) is 6.44. The summed E-state index contributed by atoms with van der Waals surface area (Å²) in [5.41, 5.74) is 5.91. The molecule has 2 N–H and O–H groups in total. The third kappa shape index (κ3) is 3.85. The van der Waals surface area contributed by atoms with Gasteiger partial charge in [-0.05, 0) is 30.9 Å². The predicted octanol–water partition coefficient (Wildman–Crippen LogP) is 2.88. The average molecular weight is 278 g/mol. The lowest BCUT2D eigenvalue weighted by Gasteiger charge is -2.18. The van der Waals surface area contributed by atoms with Crippen LogP contribution < -0.4 is 5.73 Å². The van der Waals surface area contributed by atoms with E-state index in [4.69, 9.17) is 10.2 Å². The second-order valence-electron chi connectivity index (χ2n) is 6.13. The van der Waals surface area contributed by atoms with Gasteiger partial charge in [0.15, 0.2) is 0 Å². The van der Waals surface area contributed by atoms with Gasteiger partial charge in [0.05, 0.1) is 6.54 Å². The number of hydrogen-bond donors (Lipinski definition) is 1. The summed E-state index contributed by atoms with van der Waals surface area (Å²) < 4.78 is 5.83. The summed E-state index contributed by atoms with van der Waals surface area (Å²) in [6.07, 6.45) is 3.54. The molecular weight excluding hydrogens is 252 g/mol. The van der Waals surface area contributed by atoms with Gasteiger partial charge in [0, 0.05) is 25.4 Å². The molecule has 0 aromatic carbocycles. The highest BCUT2D eigenvalue weighted by molar-refractivity contribution is 5.76. The zero-order chi connectivity index (χ0) is 14.7. The Kier molecular flexibility index (Phi) is 4.86. The van der Waals surface area contributed by atoms with Crippen molar-refractivity contribution in [2.24, 2.45) is 11.7 Å². The van der Waals surface area contributed by atoms with Crippen LogP contribution >= 0.6 is 0 Å². The van der Waals surface area contributed by atoms with Gasteiger partial charge in [0.1, 0.15) is 11.5 Å². The Bertz CT molecular complexity index is 455. The van der Waals surface area contributed by atoms with Crippen molar-refractivity contribution in [1.29, 1.82) is 0 Å². The van der Waals surface area contributed by atoms with Gasteiger partial charge in [-0.2, -0.15) is 0 Å². The summed E-state index contributed by atoms with van der Waals surface area (Å²) in [6, 6.07) is 4.00. The van der Waals surface area contributed by atoms with Gasteiger partial charge in [-0.15, -0.1) is 0 Å². The molecule has 0 bridgehead atoms. The van der Waals surface area contributed by atoms with E-state index in [2.05, 4.69) is 13.8 Å². The first kappa shape index (κ1) is 15.1. The van der Waals surface area contributed by atoms with Crippen LogP contribution in [0.15, 0.2) is 16.5 Å². The van der Waals surface area contributed by atoms with Crippen LogP contribution in [-0.2, 0) is 11.3 Å². The fraction of sp³-hybridized carbons (Fsp3) is 0.688. The van der Waals surface area contributed by atoms with Gasteiger partial charge in [-0.1, -0.05) is 20.3 Å². The fourth-order valence-corrected chi connectivity index (χ4v) is 2.57. The number of nitrogens with zero attached hydrogens (tertiary/aromatic N) is 1. The summed E-state index contributed by atoms with van der Waals surface area (Å²) in [6.45, 7) is 4.84. The van der Waals surface area contributed by atoms with Crippen molar-refractivity contribution in [3.8, 4) is 0 Å². The van der Waals surface area contributed by atoms with Gasteiger partial charge in [-0.3, -0.25) is 4.79 Å². The molecule has 0 saturated heterocycles. The van der Waals surface area contributed by atoms with Gasteiger partial charge < -0.3 is 15.1 Å². The standard InChI is InChI=1S/C16H26N2O2/c1-4-5-12(17)9-16(19)18(3)10-13-6-7-15(20-13)14-8-11(14)2/h6-7,11-12,14H,4-5,8-10,17H2,1-3H3. The van der Waals surface area contributed by atoms with E-state index < -0.39 is 0 Å². The molecule has 112 valence electrons. The second-order valence-corrected chi connectivity index (χ2v) is 6.13. The van der Waals surface area contributed by atoms with E-state index >= 15 is 0 Å². The Morgan fingerprint density at radius 2 is 2.25 bits per heavy atom. The van der Waals surface area contributed by atoms with Crippen molar-refractivity contribution >= 4 is 5.91 Å². The Morgan fingerprint density at radius 1 is 1.55 bits per heavy atom. The summed E-state index contributed by atoms with van der Waals surface area (Å²) in [5.74, 6) is 3.34. The molecule has 1 aliphatic carbocycles. The minimum absolute atomic E-state index is 0.0329. The zero-order valence-corrected chi connectivity index (χ0v) is 12.8. The lowest BCUT2D eigenvalue weighted by molar-refractivity contribution is -0.131. The van der Waals surface area contributed by atoms with Crippen molar-refractivity contribution in [3.05, 3.63) is 23.7 Å². The third-order valence-corrected chi connectivity index (χ3v) is 4.07. The average Bonchev–Trinajstić information content (AvgIpc) is 2.94. The molecule has 1 aromatic heterocycles.